The van der Waals surface area contributed by atoms with Crippen LogP contribution in [0.4, 0.5) is 10.1 Å². The summed E-state index contributed by atoms with van der Waals surface area (Å²) in [6.07, 6.45) is 3.83. The maximum absolute atomic E-state index is 14.4. The first-order valence-corrected chi connectivity index (χ1v) is 10.0. The molecule has 1 aliphatic carbocycles. The zero-order chi connectivity index (χ0) is 17.4. The van der Waals surface area contributed by atoms with E-state index in [1.807, 2.05) is 14.0 Å². The van der Waals surface area contributed by atoms with Crippen molar-refractivity contribution in [2.24, 2.45) is 5.92 Å². The molecule has 0 amide bonds. The number of nitrogens with zero attached hydrogens (tertiary/aromatic N) is 1. The molecule has 1 N–H and O–H groups in total. The Hall–Kier alpha value is -1.57. The molecule has 132 valence electrons. The van der Waals surface area contributed by atoms with E-state index in [-0.39, 0.29) is 6.04 Å². The number of halogens is 1. The van der Waals surface area contributed by atoms with E-state index in [9.17, 15) is 4.39 Å². The molecule has 25 heavy (non-hydrogen) atoms. The number of benzene rings is 1. The van der Waals surface area contributed by atoms with Gasteiger partial charge in [0, 0.05) is 13.1 Å². The van der Waals surface area contributed by atoms with Crippen LogP contribution in [0.15, 0.2) is 18.2 Å². The zero-order valence-electron chi connectivity index (χ0n) is 14.9. The third-order valence-corrected chi connectivity index (χ3v) is 6.53. The number of likely N-dealkylation sites (tertiary alicyclic amines) is 1. The fourth-order valence-electron chi connectivity index (χ4n) is 3.73. The maximum atomic E-state index is 14.4. The highest BCUT2D eigenvalue weighted by atomic mass is 32.1. The second kappa shape index (κ2) is 6.97. The van der Waals surface area contributed by atoms with Crippen LogP contribution in [0, 0.1) is 17.8 Å². The van der Waals surface area contributed by atoms with Crippen molar-refractivity contribution in [3.63, 3.8) is 0 Å². The van der Waals surface area contributed by atoms with Gasteiger partial charge >= 0.3 is 0 Å². The van der Waals surface area contributed by atoms with Crippen LogP contribution >= 0.6 is 11.3 Å². The second-order valence-electron chi connectivity index (χ2n) is 7.43. The average molecular weight is 357 g/mol. The Morgan fingerprint density at radius 3 is 2.88 bits per heavy atom. The molecule has 1 saturated heterocycles. The molecule has 2 aromatic rings. The van der Waals surface area contributed by atoms with Crippen LogP contribution in [0.25, 0.3) is 10.1 Å². The van der Waals surface area contributed by atoms with Crippen molar-refractivity contribution in [3.05, 3.63) is 28.6 Å². The molecular weight excluding hydrogens is 331 g/mol. The summed E-state index contributed by atoms with van der Waals surface area (Å²) in [4.78, 5) is 3.26. The number of alkyl halides is 1. The lowest BCUT2D eigenvalue weighted by Crippen LogP contribution is -2.46. The van der Waals surface area contributed by atoms with Crippen LogP contribution in [0.5, 0.6) is 0 Å². The van der Waals surface area contributed by atoms with Crippen molar-refractivity contribution >= 4 is 27.1 Å². The van der Waals surface area contributed by atoms with E-state index in [2.05, 4.69) is 40.3 Å². The summed E-state index contributed by atoms with van der Waals surface area (Å²) in [6, 6.07) is 6.29. The van der Waals surface area contributed by atoms with E-state index in [1.165, 1.54) is 33.4 Å². The van der Waals surface area contributed by atoms with Crippen molar-refractivity contribution in [2.45, 2.75) is 44.8 Å². The highest BCUT2D eigenvalue weighted by molar-refractivity contribution is 7.20. The molecule has 0 bridgehead atoms. The molecule has 1 aliphatic heterocycles. The minimum atomic E-state index is -0.824. The smallest absolute Gasteiger partial charge is 0.133 e. The summed E-state index contributed by atoms with van der Waals surface area (Å²) in [7, 11) is 1.99. The number of fused-ring (bicyclic) bond motifs is 1. The largest absolute Gasteiger partial charge is 0.378 e. The normalized spacial score (nSPS) is 24.1. The molecule has 4 rings (SSSR count). The van der Waals surface area contributed by atoms with Gasteiger partial charge in [-0.2, -0.15) is 0 Å². The van der Waals surface area contributed by atoms with Gasteiger partial charge in [-0.15, -0.1) is 17.3 Å². The quantitative estimate of drug-likeness (QED) is 0.800. The van der Waals surface area contributed by atoms with Crippen molar-refractivity contribution < 1.29 is 4.39 Å². The van der Waals surface area contributed by atoms with Crippen molar-refractivity contribution in [1.29, 1.82) is 0 Å². The van der Waals surface area contributed by atoms with Crippen molar-refractivity contribution in [1.82, 2.24) is 4.90 Å². The molecule has 1 aromatic carbocycles. The Kier molecular flexibility index (Phi) is 4.71. The lowest BCUT2D eigenvalue weighted by Gasteiger charge is -2.33. The summed E-state index contributed by atoms with van der Waals surface area (Å²) >= 11 is 1.77. The Morgan fingerprint density at radius 2 is 2.16 bits per heavy atom. The summed E-state index contributed by atoms with van der Waals surface area (Å²) in [5, 5.41) is 4.81. The standard InChI is InChI=1S/C21H25FN2S/c1-3-5-20-16(12-14-8-9-14)15-6-4-7-19(21(15)25-20)23-18-10-11-24(2)13-17(18)22/h4,6-7,14,17-18,23H,8-13H2,1-2H3. The predicted molar refractivity (Wildman–Crippen MR) is 105 cm³/mol. The number of hydrogen-bond donors (Lipinski definition) is 1. The third-order valence-electron chi connectivity index (χ3n) is 5.33. The van der Waals surface area contributed by atoms with Crippen LogP contribution in [-0.2, 0) is 6.42 Å². The van der Waals surface area contributed by atoms with Gasteiger partial charge in [0.15, 0.2) is 0 Å². The lowest BCUT2D eigenvalue weighted by atomic mass is 10.0. The van der Waals surface area contributed by atoms with E-state index in [1.54, 1.807) is 11.3 Å². The molecule has 1 saturated carbocycles. The molecule has 2 nitrogen and oxygen atoms in total. The highest BCUT2D eigenvalue weighted by Gasteiger charge is 2.29. The number of hydrogen-bond acceptors (Lipinski definition) is 3. The van der Waals surface area contributed by atoms with Crippen LogP contribution in [0.1, 0.15) is 36.6 Å². The SMILES string of the molecule is CC#Cc1sc2c(NC3CCN(C)CC3F)cccc2c1CC1CC1. The Labute approximate surface area is 153 Å². The zero-order valence-corrected chi connectivity index (χ0v) is 15.8. The first-order chi connectivity index (χ1) is 12.2. The third kappa shape index (κ3) is 3.54. The van der Waals surface area contributed by atoms with Gasteiger partial charge in [-0.3, -0.25) is 0 Å². The number of thiophene rings is 1. The molecular formula is C21H25FN2S. The van der Waals surface area contributed by atoms with Gasteiger partial charge in [-0.1, -0.05) is 18.1 Å². The van der Waals surface area contributed by atoms with Gasteiger partial charge in [-0.25, -0.2) is 4.39 Å². The highest BCUT2D eigenvalue weighted by Crippen LogP contribution is 2.41. The van der Waals surface area contributed by atoms with Crippen LogP contribution in [-0.4, -0.2) is 37.3 Å². The van der Waals surface area contributed by atoms with E-state index in [0.29, 0.717) is 6.54 Å². The van der Waals surface area contributed by atoms with E-state index >= 15 is 0 Å². The van der Waals surface area contributed by atoms with Crippen molar-refractivity contribution in [3.8, 4) is 11.8 Å². The molecule has 2 heterocycles. The average Bonchev–Trinajstić information content (AvgIpc) is 3.34. The molecule has 2 unspecified atom stereocenters. The first kappa shape index (κ1) is 16.9. The summed E-state index contributed by atoms with van der Waals surface area (Å²) in [5.41, 5.74) is 2.47. The fraction of sp³-hybridized carbons (Fsp3) is 0.524. The second-order valence-corrected chi connectivity index (χ2v) is 8.45. The topological polar surface area (TPSA) is 15.3 Å². The van der Waals surface area contributed by atoms with E-state index in [4.69, 9.17) is 0 Å². The van der Waals surface area contributed by atoms with Gasteiger partial charge in [-0.05, 0) is 62.6 Å². The van der Waals surface area contributed by atoms with Crippen LogP contribution < -0.4 is 5.32 Å². The fourth-order valence-corrected chi connectivity index (χ4v) is 4.94. The van der Waals surface area contributed by atoms with Gasteiger partial charge in [0.25, 0.3) is 0 Å². The van der Waals surface area contributed by atoms with E-state index < -0.39 is 6.17 Å². The van der Waals surface area contributed by atoms with Crippen LogP contribution in [0.2, 0.25) is 0 Å². The van der Waals surface area contributed by atoms with Crippen LogP contribution in [0.3, 0.4) is 0 Å². The van der Waals surface area contributed by atoms with Crippen molar-refractivity contribution in [2.75, 3.05) is 25.5 Å². The number of anilines is 1. The molecule has 0 spiro atoms. The summed E-state index contributed by atoms with van der Waals surface area (Å²) in [6.45, 7) is 3.35. The molecule has 2 atom stereocenters. The minimum Gasteiger partial charge on any atom is -0.378 e. The Bertz CT molecular complexity index is 828. The molecule has 1 aromatic heterocycles. The predicted octanol–water partition coefficient (Wildman–Crippen LogP) is 4.68. The maximum Gasteiger partial charge on any atom is 0.133 e. The monoisotopic (exact) mass is 356 g/mol. The molecule has 2 aliphatic rings. The lowest BCUT2D eigenvalue weighted by molar-refractivity contribution is 0.149. The number of rotatable bonds is 4. The Balaban J connectivity index is 1.68. The van der Waals surface area contributed by atoms with E-state index in [0.717, 1.165) is 31.0 Å². The van der Waals surface area contributed by atoms with Gasteiger partial charge in [0.2, 0.25) is 0 Å². The molecule has 0 radical (unpaired) electrons. The first-order valence-electron chi connectivity index (χ1n) is 9.22. The number of piperidine rings is 1. The molecule has 4 heteroatoms. The minimum absolute atomic E-state index is 0.100. The van der Waals surface area contributed by atoms with Gasteiger partial charge < -0.3 is 10.2 Å². The Morgan fingerprint density at radius 1 is 1.32 bits per heavy atom. The van der Waals surface area contributed by atoms with Gasteiger partial charge in [0.1, 0.15) is 6.17 Å². The number of nitrogens with one attached hydrogen (secondary N) is 1. The summed E-state index contributed by atoms with van der Waals surface area (Å²) in [5.74, 6) is 7.20. The molecule has 2 fully saturated rings. The van der Waals surface area contributed by atoms with Gasteiger partial charge in [0.05, 0.1) is 21.3 Å². The summed E-state index contributed by atoms with van der Waals surface area (Å²) < 4.78 is 15.7.